The number of nitrogens with two attached hydrogens (primary N) is 1. The third-order valence-electron chi connectivity index (χ3n) is 6.26. The van der Waals surface area contributed by atoms with Crippen LogP contribution in [0.25, 0.3) is 11.0 Å². The molecule has 2 aromatic rings. The highest BCUT2D eigenvalue weighted by Gasteiger charge is 2.39. The Hall–Kier alpha value is -3.68. The minimum Gasteiger partial charge on any atom is -0.495 e. The van der Waals surface area contributed by atoms with E-state index in [0.717, 1.165) is 65.2 Å². The molecule has 8 nitrogen and oxygen atoms in total. The molecular weight excluding hydrogens is 392 g/mol. The maximum atomic E-state index is 12.0. The molecule has 0 saturated heterocycles. The summed E-state index contributed by atoms with van der Waals surface area (Å²) in [6.07, 6.45) is 9.90. The summed E-state index contributed by atoms with van der Waals surface area (Å²) in [5.74, 6) is 0.843. The minimum atomic E-state index is -0.391. The Labute approximate surface area is 179 Å². The number of carbonyl (C=O) groups is 1. The van der Waals surface area contributed by atoms with E-state index < -0.39 is 6.04 Å². The van der Waals surface area contributed by atoms with Crippen LogP contribution in [0, 0.1) is 5.92 Å². The lowest BCUT2D eigenvalue weighted by molar-refractivity contribution is -0.120. The molecule has 3 aliphatic heterocycles. The van der Waals surface area contributed by atoms with Gasteiger partial charge in [-0.15, -0.1) is 0 Å². The molecule has 1 unspecified atom stereocenters. The Morgan fingerprint density at radius 1 is 1.23 bits per heavy atom. The second kappa shape index (κ2) is 6.94. The summed E-state index contributed by atoms with van der Waals surface area (Å²) < 4.78 is 5.84. The van der Waals surface area contributed by atoms with Crippen LogP contribution in [0.5, 0.6) is 0 Å². The van der Waals surface area contributed by atoms with E-state index in [9.17, 15) is 4.79 Å². The van der Waals surface area contributed by atoms with Crippen molar-refractivity contribution in [3.05, 3.63) is 71.2 Å². The first kappa shape index (κ1) is 18.1. The molecule has 4 heterocycles. The number of hydrogen-bond acceptors (Lipinski definition) is 7. The highest BCUT2D eigenvalue weighted by Crippen LogP contribution is 2.39. The molecule has 1 aromatic carbocycles. The SMILES string of the molecule is NC(=O)C(NC1=COCC2=C3C1=CN=C(c1ccc4nccnc4c1)N3CC2)C1CC1. The fraction of sp³-hybridized carbons (Fsp3) is 0.304. The molecule has 0 bridgehead atoms. The average molecular weight is 414 g/mol. The number of hydrogen-bond donors (Lipinski definition) is 2. The van der Waals surface area contributed by atoms with Crippen LogP contribution >= 0.6 is 0 Å². The van der Waals surface area contributed by atoms with Crippen molar-refractivity contribution in [1.82, 2.24) is 20.2 Å². The van der Waals surface area contributed by atoms with Crippen molar-refractivity contribution in [3.8, 4) is 0 Å². The third kappa shape index (κ3) is 3.06. The van der Waals surface area contributed by atoms with E-state index in [1.807, 2.05) is 24.4 Å². The highest BCUT2D eigenvalue weighted by molar-refractivity contribution is 6.04. The molecule has 156 valence electrons. The van der Waals surface area contributed by atoms with Crippen molar-refractivity contribution in [3.63, 3.8) is 0 Å². The summed E-state index contributed by atoms with van der Waals surface area (Å²) in [5.41, 5.74) is 12.4. The lowest BCUT2D eigenvalue weighted by Crippen LogP contribution is -2.43. The lowest BCUT2D eigenvalue weighted by Gasteiger charge is -2.30. The molecule has 6 rings (SSSR count). The topological polar surface area (TPSA) is 106 Å². The van der Waals surface area contributed by atoms with Gasteiger partial charge in [-0.1, -0.05) is 0 Å². The molecule has 0 spiro atoms. The van der Waals surface area contributed by atoms with Gasteiger partial charge in [-0.3, -0.25) is 14.8 Å². The van der Waals surface area contributed by atoms with Crippen LogP contribution in [0.3, 0.4) is 0 Å². The van der Waals surface area contributed by atoms with Crippen LogP contribution in [0.4, 0.5) is 0 Å². The van der Waals surface area contributed by atoms with E-state index in [1.54, 1.807) is 18.7 Å². The molecular formula is C23H22N6O2. The van der Waals surface area contributed by atoms with E-state index in [-0.39, 0.29) is 11.8 Å². The van der Waals surface area contributed by atoms with Gasteiger partial charge in [0.2, 0.25) is 5.91 Å². The summed E-state index contributed by atoms with van der Waals surface area (Å²) >= 11 is 0. The predicted molar refractivity (Wildman–Crippen MR) is 115 cm³/mol. The summed E-state index contributed by atoms with van der Waals surface area (Å²) in [6, 6.07) is 5.64. The second-order valence-electron chi connectivity index (χ2n) is 8.31. The first-order valence-electron chi connectivity index (χ1n) is 10.6. The number of amides is 1. The number of nitrogens with one attached hydrogen (secondary N) is 1. The van der Waals surface area contributed by atoms with E-state index in [2.05, 4.69) is 20.2 Å². The van der Waals surface area contributed by atoms with E-state index >= 15 is 0 Å². The number of benzene rings is 1. The van der Waals surface area contributed by atoms with Gasteiger partial charge in [0.05, 0.1) is 22.4 Å². The molecule has 1 aromatic heterocycles. The summed E-state index contributed by atoms with van der Waals surface area (Å²) in [6.45, 7) is 1.35. The fourth-order valence-corrected chi connectivity index (χ4v) is 4.56. The van der Waals surface area contributed by atoms with Gasteiger partial charge in [0, 0.05) is 36.3 Å². The van der Waals surface area contributed by atoms with Crippen molar-refractivity contribution in [2.75, 3.05) is 13.2 Å². The first-order valence-corrected chi connectivity index (χ1v) is 10.6. The van der Waals surface area contributed by atoms with Crippen LogP contribution in [-0.4, -0.2) is 45.8 Å². The first-order chi connectivity index (χ1) is 15.2. The van der Waals surface area contributed by atoms with Crippen molar-refractivity contribution < 1.29 is 9.53 Å². The Kier molecular flexibility index (Phi) is 4.05. The number of carbonyl (C=O) groups excluding carboxylic acids is 1. The molecule has 8 heteroatoms. The Morgan fingerprint density at radius 3 is 2.87 bits per heavy atom. The minimum absolute atomic E-state index is 0.289. The van der Waals surface area contributed by atoms with Crippen molar-refractivity contribution in [1.29, 1.82) is 0 Å². The quantitative estimate of drug-likeness (QED) is 0.775. The molecule has 1 saturated carbocycles. The van der Waals surface area contributed by atoms with Gasteiger partial charge in [0.15, 0.2) is 0 Å². The zero-order chi connectivity index (χ0) is 20.9. The Balaban J connectivity index is 1.40. The van der Waals surface area contributed by atoms with Crippen molar-refractivity contribution >= 4 is 22.8 Å². The Bertz CT molecular complexity index is 1220. The van der Waals surface area contributed by atoms with Gasteiger partial charge in [0.25, 0.3) is 0 Å². The standard InChI is InChI=1S/C23H22N6O2/c24-22(30)20(13-1-2-13)28-19-12-31-11-15-5-8-29-21(15)16(19)10-27-23(29)14-3-4-17-18(9-14)26-7-6-25-17/h3-4,6-7,9-10,12-13,20,28H,1-2,5,8,11H2,(H2,24,30). The predicted octanol–water partition coefficient (Wildman–Crippen LogP) is 1.96. The number of fused-ring (bicyclic) bond motifs is 1. The summed E-state index contributed by atoms with van der Waals surface area (Å²) in [4.78, 5) is 27.8. The van der Waals surface area contributed by atoms with E-state index in [1.165, 1.54) is 5.57 Å². The van der Waals surface area contributed by atoms with Gasteiger partial charge < -0.3 is 20.7 Å². The molecule has 1 amide bonds. The molecule has 4 aliphatic rings. The number of ether oxygens (including phenoxy) is 1. The normalized spacial score (nSPS) is 20.9. The molecule has 31 heavy (non-hydrogen) atoms. The van der Waals surface area contributed by atoms with Crippen molar-refractivity contribution in [2.45, 2.75) is 25.3 Å². The van der Waals surface area contributed by atoms with Crippen LogP contribution in [0.1, 0.15) is 24.8 Å². The lowest BCUT2D eigenvalue weighted by atomic mass is 10.0. The maximum Gasteiger partial charge on any atom is 0.240 e. The fourth-order valence-electron chi connectivity index (χ4n) is 4.56. The zero-order valence-corrected chi connectivity index (χ0v) is 16.9. The van der Waals surface area contributed by atoms with Crippen LogP contribution < -0.4 is 11.1 Å². The number of aromatic nitrogens is 2. The average Bonchev–Trinajstić information content (AvgIpc) is 3.56. The summed E-state index contributed by atoms with van der Waals surface area (Å²) in [5, 5.41) is 3.35. The number of primary amides is 1. The third-order valence-corrected chi connectivity index (χ3v) is 6.26. The number of aliphatic imine (C=N–C) groups is 1. The number of rotatable bonds is 5. The maximum absolute atomic E-state index is 12.0. The molecule has 1 atom stereocenters. The largest absolute Gasteiger partial charge is 0.495 e. The van der Waals surface area contributed by atoms with Crippen LogP contribution in [0.2, 0.25) is 0 Å². The number of nitrogens with zero attached hydrogens (tertiary/aromatic N) is 4. The van der Waals surface area contributed by atoms with Gasteiger partial charge in [-0.05, 0) is 49.0 Å². The van der Waals surface area contributed by atoms with Crippen LogP contribution in [-0.2, 0) is 9.53 Å². The van der Waals surface area contributed by atoms with Gasteiger partial charge in [0.1, 0.15) is 24.7 Å². The zero-order valence-electron chi connectivity index (χ0n) is 16.9. The Morgan fingerprint density at radius 2 is 2.06 bits per heavy atom. The van der Waals surface area contributed by atoms with Gasteiger partial charge in [-0.2, -0.15) is 0 Å². The van der Waals surface area contributed by atoms with Gasteiger partial charge >= 0.3 is 0 Å². The smallest absolute Gasteiger partial charge is 0.240 e. The summed E-state index contributed by atoms with van der Waals surface area (Å²) in [7, 11) is 0. The highest BCUT2D eigenvalue weighted by atomic mass is 16.5. The number of amidine groups is 1. The van der Waals surface area contributed by atoms with Crippen molar-refractivity contribution in [2.24, 2.45) is 16.6 Å². The molecule has 3 N–H and O–H groups in total. The molecule has 1 fully saturated rings. The van der Waals surface area contributed by atoms with E-state index in [0.29, 0.717) is 6.61 Å². The van der Waals surface area contributed by atoms with Gasteiger partial charge in [-0.25, -0.2) is 4.99 Å². The molecule has 1 aliphatic carbocycles. The van der Waals surface area contributed by atoms with E-state index in [4.69, 9.17) is 15.5 Å². The van der Waals surface area contributed by atoms with Crippen LogP contribution in [0.15, 0.2) is 70.6 Å². The monoisotopic (exact) mass is 414 g/mol. The molecule has 0 radical (unpaired) electrons. The second-order valence-corrected chi connectivity index (χ2v) is 8.31.